The summed E-state index contributed by atoms with van der Waals surface area (Å²) in [6.07, 6.45) is 0.436. The average molecular weight is 593 g/mol. The molecule has 7 nitrogen and oxygen atoms in total. The van der Waals surface area contributed by atoms with Crippen LogP contribution in [0.1, 0.15) is 45.0 Å². The molecule has 2 aromatic rings. The zero-order chi connectivity index (χ0) is 29.7. The third-order valence-corrected chi connectivity index (χ3v) is 11.7. The standard InChI is InChI=1S/C32H30F2N2O5S/c1-29-8-7-19(37)13-22(29)23(33)14-21-20-15-26-32(28(39)42-11-9-35,30(20,2)16-25(38)31(21,29)34)41-27(40-26)18-5-6-24-17(12-18)4-3-10-36-24/h3-8,10,12-13,20-21,23,25-27,38H,11,14-16H2,1-2H3/t20-,21-,23-,25-,26+,27?,29-,30-,31-,32-/m0/s1. The normalized spacial score (nSPS) is 43.6. The second-order valence-electron chi connectivity index (χ2n) is 12.6. The summed E-state index contributed by atoms with van der Waals surface area (Å²) in [7, 11) is 0. The van der Waals surface area contributed by atoms with Crippen LogP contribution in [-0.2, 0) is 19.1 Å². The first-order valence-corrected chi connectivity index (χ1v) is 15.2. The van der Waals surface area contributed by atoms with E-state index in [0.29, 0.717) is 5.56 Å². The van der Waals surface area contributed by atoms with Crippen LogP contribution in [0.25, 0.3) is 10.9 Å². The molecule has 2 heterocycles. The Labute approximate surface area is 246 Å². The molecule has 1 unspecified atom stereocenters. The number of thioether (sulfide) groups is 1. The van der Waals surface area contributed by atoms with Crippen molar-refractivity contribution in [3.8, 4) is 6.07 Å². The molecule has 4 aliphatic carbocycles. The summed E-state index contributed by atoms with van der Waals surface area (Å²) in [6.45, 7) is 3.35. The summed E-state index contributed by atoms with van der Waals surface area (Å²) in [5, 5.41) is 21.4. The van der Waals surface area contributed by atoms with Gasteiger partial charge >= 0.3 is 0 Å². The van der Waals surface area contributed by atoms with Gasteiger partial charge in [0.05, 0.1) is 29.5 Å². The van der Waals surface area contributed by atoms with Gasteiger partial charge in [-0.2, -0.15) is 5.26 Å². The highest BCUT2D eigenvalue weighted by Gasteiger charge is 2.80. The molecular weight excluding hydrogens is 562 g/mol. The molecule has 4 fully saturated rings. The van der Waals surface area contributed by atoms with E-state index >= 15 is 8.78 Å². The number of ketones is 1. The van der Waals surface area contributed by atoms with Gasteiger partial charge in [0, 0.05) is 33.9 Å². The Hall–Kier alpha value is -2.97. The number of alkyl halides is 2. The number of hydrogen-bond acceptors (Lipinski definition) is 8. The zero-order valence-corrected chi connectivity index (χ0v) is 23.9. The first kappa shape index (κ1) is 27.8. The minimum Gasteiger partial charge on any atom is -0.390 e. The Morgan fingerprint density at radius 3 is 2.86 bits per heavy atom. The van der Waals surface area contributed by atoms with Crippen LogP contribution in [0.3, 0.4) is 0 Å². The minimum absolute atomic E-state index is 0.0447. The summed E-state index contributed by atoms with van der Waals surface area (Å²) >= 11 is 0.821. The monoisotopic (exact) mass is 592 g/mol. The van der Waals surface area contributed by atoms with E-state index in [9.17, 15) is 20.0 Å². The molecule has 10 heteroatoms. The van der Waals surface area contributed by atoms with Crippen LogP contribution in [0.2, 0.25) is 0 Å². The Morgan fingerprint density at radius 1 is 1.26 bits per heavy atom. The molecule has 1 N–H and O–H groups in total. The van der Waals surface area contributed by atoms with E-state index in [0.717, 1.165) is 28.7 Å². The molecule has 0 amide bonds. The average Bonchev–Trinajstić information content (AvgIpc) is 3.47. The van der Waals surface area contributed by atoms with Crippen molar-refractivity contribution in [3.63, 3.8) is 0 Å². The number of rotatable bonds is 3. The van der Waals surface area contributed by atoms with E-state index in [1.165, 1.54) is 12.2 Å². The Morgan fingerprint density at radius 2 is 2.07 bits per heavy atom. The molecule has 7 rings (SSSR count). The van der Waals surface area contributed by atoms with E-state index in [1.807, 2.05) is 43.3 Å². The van der Waals surface area contributed by atoms with Gasteiger partial charge in [0.25, 0.3) is 0 Å². The van der Waals surface area contributed by atoms with E-state index in [4.69, 9.17) is 9.47 Å². The topological polar surface area (TPSA) is 110 Å². The van der Waals surface area contributed by atoms with Crippen LogP contribution in [0, 0.1) is 34.0 Å². The Kier molecular flexibility index (Phi) is 6.14. The number of aliphatic hydroxyl groups is 1. The summed E-state index contributed by atoms with van der Waals surface area (Å²) in [6, 6.07) is 11.3. The lowest BCUT2D eigenvalue weighted by atomic mass is 9.44. The number of pyridine rings is 1. The van der Waals surface area contributed by atoms with E-state index in [1.54, 1.807) is 13.1 Å². The lowest BCUT2D eigenvalue weighted by molar-refractivity contribution is -0.232. The molecule has 3 saturated carbocycles. The number of fused-ring (bicyclic) bond motifs is 8. The fraction of sp³-hybridized carbons (Fsp3) is 0.500. The number of halogens is 2. The highest BCUT2D eigenvalue weighted by atomic mass is 32.2. The number of hydrogen-bond donors (Lipinski definition) is 1. The van der Waals surface area contributed by atoms with E-state index < -0.39 is 69.5 Å². The SMILES string of the molecule is C[C@]12C=CC(=O)C=C1[C@@H](F)C[C@H]1[C@@H]3C[C@H]4OC(c5ccc6ncccc6c5)O[C@@]4(C(=O)SCC#N)[C@@]3(C)C[C@H](O)[C@@]12F. The predicted molar refractivity (Wildman–Crippen MR) is 150 cm³/mol. The van der Waals surface area contributed by atoms with Crippen molar-refractivity contribution in [2.45, 2.75) is 69.0 Å². The first-order chi connectivity index (χ1) is 20.0. The molecule has 1 aliphatic heterocycles. The summed E-state index contributed by atoms with van der Waals surface area (Å²) in [4.78, 5) is 30.6. The van der Waals surface area contributed by atoms with Gasteiger partial charge < -0.3 is 14.6 Å². The maximum atomic E-state index is 17.6. The van der Waals surface area contributed by atoms with Gasteiger partial charge in [0.15, 0.2) is 23.3 Å². The number of aromatic nitrogens is 1. The molecule has 0 radical (unpaired) electrons. The van der Waals surface area contributed by atoms with Gasteiger partial charge in [-0.15, -0.1) is 0 Å². The molecule has 0 bridgehead atoms. The number of allylic oxidation sites excluding steroid dienone is 4. The molecular formula is C32H30F2N2O5S. The third kappa shape index (κ3) is 3.39. The largest absolute Gasteiger partial charge is 0.390 e. The van der Waals surface area contributed by atoms with Gasteiger partial charge in [0.1, 0.15) is 6.17 Å². The van der Waals surface area contributed by atoms with Crippen molar-refractivity contribution in [2.75, 3.05) is 5.75 Å². The van der Waals surface area contributed by atoms with Crippen molar-refractivity contribution >= 4 is 33.6 Å². The zero-order valence-electron chi connectivity index (χ0n) is 23.1. The molecule has 1 saturated heterocycles. The quantitative estimate of drug-likeness (QED) is 0.525. The maximum absolute atomic E-state index is 17.6. The fourth-order valence-electron chi connectivity index (χ4n) is 8.89. The van der Waals surface area contributed by atoms with Crippen LogP contribution in [0.4, 0.5) is 8.78 Å². The van der Waals surface area contributed by atoms with Crippen LogP contribution in [0.5, 0.6) is 0 Å². The molecule has 42 heavy (non-hydrogen) atoms. The lowest BCUT2D eigenvalue weighted by Gasteiger charge is -2.63. The second-order valence-corrected chi connectivity index (χ2v) is 13.5. The molecule has 10 atom stereocenters. The number of ether oxygens (including phenoxy) is 2. The summed E-state index contributed by atoms with van der Waals surface area (Å²) in [5.41, 5.74) is -5.03. The van der Waals surface area contributed by atoms with Crippen LogP contribution >= 0.6 is 11.8 Å². The summed E-state index contributed by atoms with van der Waals surface area (Å²) in [5.74, 6) is -2.07. The maximum Gasteiger partial charge on any atom is 0.225 e. The van der Waals surface area contributed by atoms with Gasteiger partial charge in [-0.25, -0.2) is 8.78 Å². The second kappa shape index (κ2) is 9.26. The van der Waals surface area contributed by atoms with Crippen molar-refractivity contribution < 1.29 is 33.0 Å². The number of carbonyl (C=O) groups excluding carboxylic acids is 2. The van der Waals surface area contributed by atoms with Gasteiger partial charge in [-0.1, -0.05) is 36.9 Å². The Bertz CT molecular complexity index is 1630. The van der Waals surface area contributed by atoms with Gasteiger partial charge in [-0.05, 0) is 68.0 Å². The van der Waals surface area contributed by atoms with E-state index in [-0.39, 0.29) is 30.6 Å². The highest BCUT2D eigenvalue weighted by Crippen LogP contribution is 2.73. The van der Waals surface area contributed by atoms with Crippen molar-refractivity contribution in [1.29, 1.82) is 5.26 Å². The molecule has 5 aliphatic rings. The van der Waals surface area contributed by atoms with Crippen LogP contribution in [-0.4, -0.2) is 56.4 Å². The fourth-order valence-corrected chi connectivity index (χ4v) is 9.71. The summed E-state index contributed by atoms with van der Waals surface area (Å²) < 4.78 is 46.6. The van der Waals surface area contributed by atoms with Crippen molar-refractivity contribution in [3.05, 3.63) is 65.9 Å². The molecule has 1 aromatic carbocycles. The predicted octanol–water partition coefficient (Wildman–Crippen LogP) is 5.10. The number of nitrogens with zero attached hydrogens (tertiary/aromatic N) is 2. The van der Waals surface area contributed by atoms with Crippen molar-refractivity contribution in [1.82, 2.24) is 4.98 Å². The number of nitriles is 1. The number of benzene rings is 1. The number of carbonyl (C=O) groups is 2. The highest BCUT2D eigenvalue weighted by molar-refractivity contribution is 8.14. The van der Waals surface area contributed by atoms with Crippen molar-refractivity contribution in [2.24, 2.45) is 22.7 Å². The number of aliphatic hydroxyl groups excluding tert-OH is 1. The molecule has 0 spiro atoms. The minimum atomic E-state index is -2.28. The van der Waals surface area contributed by atoms with Gasteiger partial charge in [0.2, 0.25) is 5.12 Å². The van der Waals surface area contributed by atoms with Crippen LogP contribution in [0.15, 0.2) is 60.3 Å². The first-order valence-electron chi connectivity index (χ1n) is 14.2. The van der Waals surface area contributed by atoms with Crippen LogP contribution < -0.4 is 0 Å². The smallest absolute Gasteiger partial charge is 0.225 e. The Balaban J connectivity index is 1.32. The van der Waals surface area contributed by atoms with E-state index in [2.05, 4.69) is 4.98 Å². The lowest BCUT2D eigenvalue weighted by Crippen LogP contribution is -2.70. The third-order valence-electron chi connectivity index (χ3n) is 10.8. The molecule has 218 valence electrons. The molecule has 1 aromatic heterocycles. The van der Waals surface area contributed by atoms with Gasteiger partial charge in [-0.3, -0.25) is 14.6 Å².